The van der Waals surface area contributed by atoms with E-state index >= 15 is 0 Å². The molecule has 1 aromatic heterocycles. The lowest BCUT2D eigenvalue weighted by Crippen LogP contribution is -2.07. The minimum Gasteiger partial charge on any atom is -0.255 e. The summed E-state index contributed by atoms with van der Waals surface area (Å²) in [7, 11) is -4.38. The van der Waals surface area contributed by atoms with E-state index in [1.807, 2.05) is 0 Å². The molecule has 0 radical (unpaired) electrons. The molecule has 32 heavy (non-hydrogen) atoms. The van der Waals surface area contributed by atoms with Crippen molar-refractivity contribution in [1.29, 1.82) is 10.5 Å². The Balaban J connectivity index is 2.09. The number of sulfone groups is 1. The van der Waals surface area contributed by atoms with Gasteiger partial charge in [-0.2, -0.15) is 10.5 Å². The average molecular weight is 449 g/mol. The Morgan fingerprint density at radius 3 is 2.12 bits per heavy atom. The number of hydrogen-bond acceptors (Lipinski definition) is 5. The van der Waals surface area contributed by atoms with Crippen LogP contribution in [0.1, 0.15) is 11.1 Å². The zero-order valence-corrected chi connectivity index (χ0v) is 16.8. The Morgan fingerprint density at radius 1 is 0.812 bits per heavy atom. The number of nitrogens with zero attached hydrogens (tertiary/aromatic N) is 3. The van der Waals surface area contributed by atoms with Crippen LogP contribution >= 0.6 is 0 Å². The number of hydrogen-bond donors (Lipinski definition) is 0. The van der Waals surface area contributed by atoms with Crippen LogP contribution in [0.2, 0.25) is 0 Å². The van der Waals surface area contributed by atoms with Gasteiger partial charge < -0.3 is 0 Å². The van der Waals surface area contributed by atoms with E-state index in [4.69, 9.17) is 0 Å². The summed E-state index contributed by atoms with van der Waals surface area (Å²) in [6.45, 7) is 0. The van der Waals surface area contributed by atoms with E-state index in [0.29, 0.717) is 0 Å². The first-order valence-electron chi connectivity index (χ1n) is 8.98. The molecular weight excluding hydrogens is 439 g/mol. The fourth-order valence-corrected chi connectivity index (χ4v) is 4.82. The van der Waals surface area contributed by atoms with Crippen LogP contribution in [-0.4, -0.2) is 13.4 Å². The highest BCUT2D eigenvalue weighted by molar-refractivity contribution is 7.91. The number of pyridine rings is 1. The van der Waals surface area contributed by atoms with E-state index in [1.165, 1.54) is 18.2 Å². The summed E-state index contributed by atoms with van der Waals surface area (Å²) in [4.78, 5) is 3.31. The lowest BCUT2D eigenvalue weighted by Gasteiger charge is -2.14. The van der Waals surface area contributed by atoms with Crippen molar-refractivity contribution >= 4 is 20.7 Å². The Hall–Kier alpha value is -4.21. The lowest BCUT2D eigenvalue weighted by molar-refractivity contribution is 0.509. The number of fused-ring (bicyclic) bond motifs is 1. The molecule has 0 amide bonds. The Labute approximate surface area is 180 Å². The summed E-state index contributed by atoms with van der Waals surface area (Å²) < 4.78 is 68.3. The molecule has 0 unspecified atom stereocenters. The van der Waals surface area contributed by atoms with Gasteiger partial charge in [0.05, 0.1) is 38.6 Å². The number of aromatic nitrogens is 1. The normalized spacial score (nSPS) is 11.2. The van der Waals surface area contributed by atoms with Crippen molar-refractivity contribution in [3.63, 3.8) is 0 Å². The maximum Gasteiger partial charge on any atom is 0.208 e. The SMILES string of the molecule is N#Cc1cc(C#N)cc(S(=O)(=O)c2cnc3cc(F)ccc3c2-c2ccc(F)c(F)c2)c1. The smallest absolute Gasteiger partial charge is 0.208 e. The third-order valence-electron chi connectivity index (χ3n) is 4.77. The summed E-state index contributed by atoms with van der Waals surface area (Å²) in [6, 6.07) is 13.4. The maximum absolute atomic E-state index is 14.0. The van der Waals surface area contributed by atoms with Crippen LogP contribution in [0.4, 0.5) is 13.2 Å². The highest BCUT2D eigenvalue weighted by Gasteiger charge is 2.26. The van der Waals surface area contributed by atoms with E-state index in [0.717, 1.165) is 42.6 Å². The van der Waals surface area contributed by atoms with Gasteiger partial charge in [0.25, 0.3) is 0 Å². The highest BCUT2D eigenvalue weighted by atomic mass is 32.2. The third kappa shape index (κ3) is 3.55. The van der Waals surface area contributed by atoms with E-state index in [9.17, 15) is 32.1 Å². The van der Waals surface area contributed by atoms with Gasteiger partial charge >= 0.3 is 0 Å². The maximum atomic E-state index is 14.0. The molecule has 0 atom stereocenters. The Kier molecular flexibility index (Phi) is 5.13. The van der Waals surface area contributed by atoms with Crippen LogP contribution in [0.3, 0.4) is 0 Å². The van der Waals surface area contributed by atoms with Gasteiger partial charge in [-0.3, -0.25) is 4.98 Å². The van der Waals surface area contributed by atoms with Crippen molar-refractivity contribution in [2.45, 2.75) is 9.79 Å². The summed E-state index contributed by atoms with van der Waals surface area (Å²) in [6.07, 6.45) is 0.985. The topological polar surface area (TPSA) is 94.6 Å². The molecule has 1 heterocycles. The minimum absolute atomic E-state index is 0.0187. The molecule has 0 spiro atoms. The molecule has 4 rings (SSSR count). The predicted octanol–water partition coefficient (Wildman–Crippen LogP) is 4.90. The van der Waals surface area contributed by atoms with Crippen molar-refractivity contribution in [1.82, 2.24) is 4.98 Å². The molecule has 156 valence electrons. The molecular formula is C23H10F3N3O2S. The summed E-state index contributed by atoms with van der Waals surface area (Å²) in [5.74, 6) is -2.93. The van der Waals surface area contributed by atoms with Gasteiger partial charge in [0, 0.05) is 23.2 Å². The standard InChI is InChI=1S/C23H10F3N3O2S/c24-16-2-3-18-21(9-16)29-12-22(23(18)15-1-4-19(25)20(26)8-15)32(30,31)17-6-13(10-27)5-14(7-17)11-28/h1-9,12H. The van der Waals surface area contributed by atoms with Crippen molar-refractivity contribution in [2.24, 2.45) is 0 Å². The van der Waals surface area contributed by atoms with E-state index in [1.54, 1.807) is 12.1 Å². The van der Waals surface area contributed by atoms with E-state index in [2.05, 4.69) is 4.98 Å². The molecule has 0 aliphatic rings. The van der Waals surface area contributed by atoms with Crippen LogP contribution in [0, 0.1) is 40.1 Å². The van der Waals surface area contributed by atoms with Crippen LogP contribution in [0.5, 0.6) is 0 Å². The molecule has 3 aromatic carbocycles. The summed E-state index contributed by atoms with van der Waals surface area (Å²) >= 11 is 0. The van der Waals surface area contributed by atoms with Crippen molar-refractivity contribution < 1.29 is 21.6 Å². The van der Waals surface area contributed by atoms with Crippen molar-refractivity contribution in [2.75, 3.05) is 0 Å². The zero-order chi connectivity index (χ0) is 23.0. The molecule has 0 saturated heterocycles. The molecule has 0 fully saturated rings. The fraction of sp³-hybridized carbons (Fsp3) is 0. The zero-order valence-electron chi connectivity index (χ0n) is 16.0. The molecule has 0 aliphatic heterocycles. The highest BCUT2D eigenvalue weighted by Crippen LogP contribution is 2.37. The quantitative estimate of drug-likeness (QED) is 0.444. The van der Waals surface area contributed by atoms with Crippen LogP contribution in [0.25, 0.3) is 22.0 Å². The molecule has 0 bridgehead atoms. The first kappa shape index (κ1) is 21.0. The van der Waals surface area contributed by atoms with Gasteiger partial charge in [-0.1, -0.05) is 6.07 Å². The van der Waals surface area contributed by atoms with Gasteiger partial charge in [-0.25, -0.2) is 21.6 Å². The van der Waals surface area contributed by atoms with Gasteiger partial charge in [0.2, 0.25) is 9.84 Å². The van der Waals surface area contributed by atoms with Crippen LogP contribution in [0.15, 0.2) is 70.6 Å². The van der Waals surface area contributed by atoms with E-state index in [-0.39, 0.29) is 42.9 Å². The average Bonchev–Trinajstić information content (AvgIpc) is 2.79. The first-order chi connectivity index (χ1) is 15.2. The summed E-state index contributed by atoms with van der Waals surface area (Å²) in [5.41, 5.74) is 0.0148. The molecule has 5 nitrogen and oxygen atoms in total. The lowest BCUT2D eigenvalue weighted by atomic mass is 10.0. The second-order valence-corrected chi connectivity index (χ2v) is 8.68. The number of rotatable bonds is 3. The molecule has 0 aliphatic carbocycles. The third-order valence-corrected chi connectivity index (χ3v) is 6.51. The van der Waals surface area contributed by atoms with Crippen LogP contribution < -0.4 is 0 Å². The van der Waals surface area contributed by atoms with Gasteiger partial charge in [-0.05, 0) is 48.0 Å². The second-order valence-electron chi connectivity index (χ2n) is 6.76. The van der Waals surface area contributed by atoms with Gasteiger partial charge in [0.15, 0.2) is 11.6 Å². The van der Waals surface area contributed by atoms with E-state index < -0.39 is 27.3 Å². The minimum atomic E-state index is -4.38. The fourth-order valence-electron chi connectivity index (χ4n) is 3.31. The Morgan fingerprint density at radius 2 is 1.50 bits per heavy atom. The number of halogens is 3. The molecule has 0 N–H and O–H groups in total. The van der Waals surface area contributed by atoms with Crippen LogP contribution in [-0.2, 0) is 9.84 Å². The second kappa shape index (κ2) is 7.80. The van der Waals surface area contributed by atoms with Gasteiger partial charge in [-0.15, -0.1) is 0 Å². The van der Waals surface area contributed by atoms with Crippen molar-refractivity contribution in [3.05, 3.63) is 89.4 Å². The molecule has 9 heteroatoms. The predicted molar refractivity (Wildman–Crippen MR) is 108 cm³/mol. The summed E-state index contributed by atoms with van der Waals surface area (Å²) in [5, 5.41) is 18.6. The van der Waals surface area contributed by atoms with Gasteiger partial charge in [0.1, 0.15) is 5.82 Å². The number of benzene rings is 3. The molecule has 4 aromatic rings. The largest absolute Gasteiger partial charge is 0.255 e. The Bertz CT molecular complexity index is 1570. The molecule has 0 saturated carbocycles. The first-order valence-corrected chi connectivity index (χ1v) is 10.5. The number of nitriles is 2. The monoisotopic (exact) mass is 449 g/mol. The van der Waals surface area contributed by atoms with Crippen molar-refractivity contribution in [3.8, 4) is 23.3 Å².